The van der Waals surface area contributed by atoms with Crippen molar-refractivity contribution >= 4 is 21.4 Å². The lowest BCUT2D eigenvalue weighted by Gasteiger charge is -2.13. The minimum absolute atomic E-state index is 0.154. The Kier molecular flexibility index (Phi) is 5.31. The second kappa shape index (κ2) is 7.37. The zero-order valence-electron chi connectivity index (χ0n) is 14.0. The topological polar surface area (TPSA) is 72.0 Å². The molecule has 0 bridgehead atoms. The molecule has 3 aromatic rings. The number of aryl methyl sites for hydroxylation is 1. The van der Waals surface area contributed by atoms with E-state index in [4.69, 9.17) is 0 Å². The second-order valence-corrected chi connectivity index (χ2v) is 8.41. The molecule has 3 rings (SSSR count). The Balaban J connectivity index is 1.84. The van der Waals surface area contributed by atoms with Crippen LogP contribution < -0.4 is 4.72 Å². The molecule has 0 saturated carbocycles. The summed E-state index contributed by atoms with van der Waals surface area (Å²) in [6, 6.07) is 7.65. The van der Waals surface area contributed by atoms with Crippen LogP contribution in [0.15, 0.2) is 53.7 Å². The summed E-state index contributed by atoms with van der Waals surface area (Å²) in [6.07, 6.45) is -1.51. The molecule has 0 radical (unpaired) electrons. The van der Waals surface area contributed by atoms with Gasteiger partial charge in [0.15, 0.2) is 0 Å². The Bertz CT molecular complexity index is 1050. The molecule has 2 aromatic heterocycles. The monoisotopic (exact) mass is 413 g/mol. The molecule has 5 nitrogen and oxygen atoms in total. The summed E-state index contributed by atoms with van der Waals surface area (Å²) in [4.78, 5) is 8.19. The third-order valence-corrected chi connectivity index (χ3v) is 6.37. The lowest BCUT2D eigenvalue weighted by atomic mass is 10.2. The zero-order valence-corrected chi connectivity index (χ0v) is 15.6. The number of aromatic nitrogens is 2. The maximum Gasteiger partial charge on any atom is 0.417 e. The summed E-state index contributed by atoms with van der Waals surface area (Å²) in [5.41, 5.74) is 0.183. The van der Waals surface area contributed by atoms with Gasteiger partial charge in [0, 0.05) is 29.4 Å². The van der Waals surface area contributed by atoms with Gasteiger partial charge < -0.3 is 0 Å². The van der Waals surface area contributed by atoms with E-state index < -0.39 is 26.7 Å². The fraction of sp³-hybridized carbons (Fsp3) is 0.176. The van der Waals surface area contributed by atoms with Crippen molar-refractivity contribution in [2.45, 2.75) is 24.5 Å². The Hall–Kier alpha value is -2.30. The number of alkyl halides is 3. The summed E-state index contributed by atoms with van der Waals surface area (Å²) < 4.78 is 66.4. The molecule has 0 fully saturated rings. The molecule has 27 heavy (non-hydrogen) atoms. The van der Waals surface area contributed by atoms with Gasteiger partial charge in [-0.1, -0.05) is 12.1 Å². The quantitative estimate of drug-likeness (QED) is 0.686. The van der Waals surface area contributed by atoms with Gasteiger partial charge in [-0.3, -0.25) is 4.98 Å². The van der Waals surface area contributed by atoms with E-state index in [2.05, 4.69) is 14.7 Å². The van der Waals surface area contributed by atoms with Crippen molar-refractivity contribution in [2.24, 2.45) is 0 Å². The molecular formula is C17H14F3N3O2S2. The van der Waals surface area contributed by atoms with Crippen LogP contribution in [0.4, 0.5) is 13.2 Å². The Morgan fingerprint density at radius 3 is 2.56 bits per heavy atom. The predicted molar refractivity (Wildman–Crippen MR) is 95.6 cm³/mol. The molecule has 0 aliphatic heterocycles. The molecule has 0 unspecified atom stereocenters. The SMILES string of the molecule is Cc1nc(-c2cccnc2)sc1CNS(=O)(=O)c1ccccc1C(F)(F)F. The average molecular weight is 413 g/mol. The van der Waals surface area contributed by atoms with Gasteiger partial charge in [-0.2, -0.15) is 13.2 Å². The Morgan fingerprint density at radius 1 is 1.15 bits per heavy atom. The van der Waals surface area contributed by atoms with Crippen LogP contribution in [0, 0.1) is 6.92 Å². The lowest BCUT2D eigenvalue weighted by molar-refractivity contribution is -0.139. The molecule has 1 aromatic carbocycles. The zero-order chi connectivity index (χ0) is 19.7. The molecule has 0 aliphatic carbocycles. The number of hydrogen-bond acceptors (Lipinski definition) is 5. The van der Waals surface area contributed by atoms with Crippen LogP contribution in [-0.2, 0) is 22.7 Å². The minimum atomic E-state index is -4.76. The second-order valence-electron chi connectivity index (χ2n) is 5.59. The van der Waals surface area contributed by atoms with E-state index in [9.17, 15) is 21.6 Å². The highest BCUT2D eigenvalue weighted by atomic mass is 32.2. The summed E-state index contributed by atoms with van der Waals surface area (Å²) in [6.45, 7) is 1.56. The number of halogens is 3. The van der Waals surface area contributed by atoms with Gasteiger partial charge >= 0.3 is 6.18 Å². The molecule has 2 heterocycles. The first-order valence-electron chi connectivity index (χ1n) is 7.71. The van der Waals surface area contributed by atoms with Crippen molar-refractivity contribution < 1.29 is 21.6 Å². The normalized spacial score (nSPS) is 12.3. The summed E-state index contributed by atoms with van der Waals surface area (Å²) in [7, 11) is -4.35. The minimum Gasteiger partial charge on any atom is -0.264 e. The van der Waals surface area contributed by atoms with Crippen LogP contribution in [0.1, 0.15) is 16.1 Å². The number of pyridine rings is 1. The molecule has 0 spiro atoms. The van der Waals surface area contributed by atoms with Gasteiger partial charge in [0.05, 0.1) is 16.2 Å². The standard InChI is InChI=1S/C17H14F3N3O2S2/c1-11-14(26-16(23-11)12-5-4-8-21-9-12)10-22-27(24,25)15-7-3-2-6-13(15)17(18,19)20/h2-9,22H,10H2,1H3. The van der Waals surface area contributed by atoms with Crippen LogP contribution in [0.2, 0.25) is 0 Å². The molecule has 10 heteroatoms. The van der Waals surface area contributed by atoms with Crippen LogP contribution in [0.5, 0.6) is 0 Å². The van der Waals surface area contributed by atoms with Crippen LogP contribution in [0.3, 0.4) is 0 Å². The van der Waals surface area contributed by atoms with Crippen molar-refractivity contribution in [1.29, 1.82) is 0 Å². The number of benzene rings is 1. The number of sulfonamides is 1. The van der Waals surface area contributed by atoms with Gasteiger partial charge in [0.2, 0.25) is 10.0 Å². The third kappa shape index (κ3) is 4.34. The average Bonchev–Trinajstić information content (AvgIpc) is 3.01. The first-order chi connectivity index (χ1) is 12.7. The van der Waals surface area contributed by atoms with Crippen molar-refractivity contribution in [3.05, 3.63) is 64.9 Å². The maximum atomic E-state index is 13.1. The number of hydrogen-bond donors (Lipinski definition) is 1. The summed E-state index contributed by atoms with van der Waals surface area (Å²) in [5.74, 6) is 0. The number of rotatable bonds is 5. The van der Waals surface area contributed by atoms with Gasteiger partial charge in [-0.05, 0) is 31.2 Å². The third-order valence-electron chi connectivity index (χ3n) is 3.71. The fourth-order valence-electron chi connectivity index (χ4n) is 2.38. The van der Waals surface area contributed by atoms with Crippen LogP contribution >= 0.6 is 11.3 Å². The molecule has 142 valence electrons. The Labute approximate surface area is 158 Å². The molecule has 1 N–H and O–H groups in total. The van der Waals surface area contributed by atoms with Crippen molar-refractivity contribution in [2.75, 3.05) is 0 Å². The van der Waals surface area contributed by atoms with Crippen molar-refractivity contribution in [3.63, 3.8) is 0 Å². The molecule has 0 atom stereocenters. The number of nitrogens with zero attached hydrogens (tertiary/aromatic N) is 2. The number of nitrogens with one attached hydrogen (secondary N) is 1. The van der Waals surface area contributed by atoms with E-state index in [0.717, 1.165) is 23.8 Å². The highest BCUT2D eigenvalue weighted by Crippen LogP contribution is 2.34. The molecular weight excluding hydrogens is 399 g/mol. The lowest BCUT2D eigenvalue weighted by Crippen LogP contribution is -2.26. The largest absolute Gasteiger partial charge is 0.417 e. The van der Waals surface area contributed by atoms with Gasteiger partial charge in [0.1, 0.15) is 5.01 Å². The first-order valence-corrected chi connectivity index (χ1v) is 10.0. The maximum absolute atomic E-state index is 13.1. The highest BCUT2D eigenvalue weighted by molar-refractivity contribution is 7.89. The fourth-order valence-corrected chi connectivity index (χ4v) is 4.68. The van der Waals surface area contributed by atoms with Crippen LogP contribution in [0.25, 0.3) is 10.6 Å². The smallest absolute Gasteiger partial charge is 0.264 e. The molecule has 0 saturated heterocycles. The van der Waals surface area contributed by atoms with Gasteiger partial charge in [-0.25, -0.2) is 18.1 Å². The van der Waals surface area contributed by atoms with Crippen LogP contribution in [-0.4, -0.2) is 18.4 Å². The van der Waals surface area contributed by atoms with Gasteiger partial charge in [0.25, 0.3) is 0 Å². The Morgan fingerprint density at radius 2 is 1.89 bits per heavy atom. The van der Waals surface area contributed by atoms with E-state index in [1.807, 2.05) is 6.07 Å². The van der Waals surface area contributed by atoms with E-state index in [-0.39, 0.29) is 6.54 Å². The predicted octanol–water partition coefficient (Wildman–Crippen LogP) is 4.01. The van der Waals surface area contributed by atoms with E-state index in [0.29, 0.717) is 15.6 Å². The summed E-state index contributed by atoms with van der Waals surface area (Å²) >= 11 is 1.26. The van der Waals surface area contributed by atoms with Gasteiger partial charge in [-0.15, -0.1) is 11.3 Å². The molecule has 0 aliphatic rings. The van der Waals surface area contributed by atoms with E-state index in [1.54, 1.807) is 25.4 Å². The van der Waals surface area contributed by atoms with Crippen molar-refractivity contribution in [1.82, 2.24) is 14.7 Å². The van der Waals surface area contributed by atoms with E-state index in [1.165, 1.54) is 17.4 Å². The first kappa shape index (κ1) is 19.5. The van der Waals surface area contributed by atoms with Crippen molar-refractivity contribution in [3.8, 4) is 10.6 Å². The number of thiazole rings is 1. The summed E-state index contributed by atoms with van der Waals surface area (Å²) in [5, 5.41) is 0.658. The molecule has 0 amide bonds. The van der Waals surface area contributed by atoms with E-state index >= 15 is 0 Å². The highest BCUT2D eigenvalue weighted by Gasteiger charge is 2.36.